The summed E-state index contributed by atoms with van der Waals surface area (Å²) in [5.41, 5.74) is 0.746. The number of hydrogen-bond acceptors (Lipinski definition) is 11. The van der Waals surface area contributed by atoms with Crippen molar-refractivity contribution in [2.75, 3.05) is 26.4 Å². The van der Waals surface area contributed by atoms with E-state index in [1.807, 2.05) is 6.07 Å². The van der Waals surface area contributed by atoms with Gasteiger partial charge in [-0.05, 0) is 82.7 Å². The highest BCUT2D eigenvalue weighted by atomic mass is 16.8. The molecule has 0 radical (unpaired) electrons. The molecule has 0 bridgehead atoms. The van der Waals surface area contributed by atoms with E-state index in [4.69, 9.17) is 28.8 Å². The number of aliphatic hydroxyl groups excluding tert-OH is 2. The molecule has 1 aromatic rings. The number of hydrogen-bond donors (Lipinski definition) is 3. The summed E-state index contributed by atoms with van der Waals surface area (Å²) in [7, 11) is 0. The van der Waals surface area contributed by atoms with Gasteiger partial charge in [0.2, 0.25) is 11.8 Å². The smallest absolute Gasteiger partial charge is 0.338 e. The number of aliphatic hydroxyl groups is 2. The highest BCUT2D eigenvalue weighted by Gasteiger charge is 2.53. The SMILES string of the molecule is CCCCCC1(CCCCC)OC2C=C(C(=O)N3CCCC3C(=O)NC(CO)CCC(=O)OC(C)(C)C)CC(OC(=O)c3cccc(C=COCCO)c3)C2O1. The zero-order valence-corrected chi connectivity index (χ0v) is 34.0. The van der Waals surface area contributed by atoms with Crippen LogP contribution in [0.5, 0.6) is 0 Å². The van der Waals surface area contributed by atoms with Gasteiger partial charge in [-0.2, -0.15) is 0 Å². The Morgan fingerprint density at radius 3 is 2.45 bits per heavy atom. The molecule has 13 nitrogen and oxygen atoms in total. The minimum atomic E-state index is -0.882. The van der Waals surface area contributed by atoms with Crippen molar-refractivity contribution < 1.29 is 53.1 Å². The summed E-state index contributed by atoms with van der Waals surface area (Å²) in [6.07, 6.45) is 11.4. The minimum absolute atomic E-state index is 0.0200. The summed E-state index contributed by atoms with van der Waals surface area (Å²) < 4.78 is 30.4. The first kappa shape index (κ1) is 44.9. The summed E-state index contributed by atoms with van der Waals surface area (Å²) in [5.74, 6) is -2.63. The highest BCUT2D eigenvalue weighted by Crippen LogP contribution is 2.43. The zero-order chi connectivity index (χ0) is 40.7. The van der Waals surface area contributed by atoms with Crippen LogP contribution in [0.2, 0.25) is 0 Å². The summed E-state index contributed by atoms with van der Waals surface area (Å²) in [4.78, 5) is 55.6. The number of benzene rings is 1. The molecule has 4 rings (SSSR count). The van der Waals surface area contributed by atoms with E-state index in [0.29, 0.717) is 48.9 Å². The summed E-state index contributed by atoms with van der Waals surface area (Å²) in [5, 5.41) is 21.8. The van der Waals surface area contributed by atoms with E-state index >= 15 is 0 Å². The number of nitrogens with one attached hydrogen (secondary N) is 1. The lowest BCUT2D eigenvalue weighted by Crippen LogP contribution is -2.51. The molecule has 56 heavy (non-hydrogen) atoms. The normalized spacial score (nSPS) is 22.3. The van der Waals surface area contributed by atoms with Crippen molar-refractivity contribution in [1.29, 1.82) is 0 Å². The van der Waals surface area contributed by atoms with Gasteiger partial charge in [0.25, 0.3) is 0 Å². The number of nitrogens with zero attached hydrogens (tertiary/aromatic N) is 1. The maximum Gasteiger partial charge on any atom is 0.338 e. The molecule has 13 heteroatoms. The van der Waals surface area contributed by atoms with Crippen molar-refractivity contribution in [3.63, 3.8) is 0 Å². The lowest BCUT2D eigenvalue weighted by molar-refractivity contribution is -0.190. The van der Waals surface area contributed by atoms with E-state index in [9.17, 15) is 24.3 Å². The first-order valence-electron chi connectivity index (χ1n) is 20.5. The molecule has 1 aromatic carbocycles. The number of rotatable bonds is 21. The average Bonchev–Trinajstić information content (AvgIpc) is 3.80. The Hall–Kier alpha value is -3.78. The molecule has 0 saturated carbocycles. The lowest BCUT2D eigenvalue weighted by atomic mass is 9.91. The van der Waals surface area contributed by atoms with Crippen LogP contribution in [-0.4, -0.2) is 107 Å². The molecule has 2 saturated heterocycles. The molecule has 3 N–H and O–H groups in total. The van der Waals surface area contributed by atoms with Crippen molar-refractivity contribution >= 4 is 29.8 Å². The molecule has 1 aliphatic carbocycles. The van der Waals surface area contributed by atoms with Crippen LogP contribution in [0.3, 0.4) is 0 Å². The molecule has 0 spiro atoms. The second-order valence-electron chi connectivity index (χ2n) is 16.0. The number of carbonyl (C=O) groups is 4. The quantitative estimate of drug-likeness (QED) is 0.0788. The van der Waals surface area contributed by atoms with Gasteiger partial charge in [-0.15, -0.1) is 0 Å². The monoisotopic (exact) mass is 784 g/mol. The topological polar surface area (TPSA) is 170 Å². The summed E-state index contributed by atoms with van der Waals surface area (Å²) >= 11 is 0. The van der Waals surface area contributed by atoms with Crippen molar-refractivity contribution in [2.45, 2.75) is 160 Å². The molecule has 2 amide bonds. The van der Waals surface area contributed by atoms with Crippen LogP contribution in [0, 0.1) is 0 Å². The van der Waals surface area contributed by atoms with Gasteiger partial charge in [0, 0.05) is 37.8 Å². The number of fused-ring (bicyclic) bond motifs is 1. The maximum absolute atomic E-state index is 14.4. The van der Waals surface area contributed by atoms with E-state index < -0.39 is 59.6 Å². The van der Waals surface area contributed by atoms with Gasteiger partial charge in [0.15, 0.2) is 5.79 Å². The minimum Gasteiger partial charge on any atom is -0.499 e. The van der Waals surface area contributed by atoms with Crippen LogP contribution in [-0.2, 0) is 38.1 Å². The van der Waals surface area contributed by atoms with Crippen LogP contribution in [0.4, 0.5) is 0 Å². The Labute approximate surface area is 332 Å². The number of ether oxygens (including phenoxy) is 5. The number of carbonyl (C=O) groups excluding carboxylic acids is 4. The Balaban J connectivity index is 1.55. The van der Waals surface area contributed by atoms with Crippen LogP contribution in [0.1, 0.15) is 134 Å². The van der Waals surface area contributed by atoms with Gasteiger partial charge in [-0.3, -0.25) is 14.4 Å². The van der Waals surface area contributed by atoms with E-state index in [0.717, 1.165) is 38.5 Å². The van der Waals surface area contributed by atoms with Gasteiger partial charge < -0.3 is 44.1 Å². The van der Waals surface area contributed by atoms with Gasteiger partial charge >= 0.3 is 11.9 Å². The third-order valence-electron chi connectivity index (χ3n) is 10.2. The Morgan fingerprint density at radius 2 is 1.79 bits per heavy atom. The van der Waals surface area contributed by atoms with Gasteiger partial charge in [-0.1, -0.05) is 51.7 Å². The first-order valence-corrected chi connectivity index (χ1v) is 20.5. The van der Waals surface area contributed by atoms with Crippen LogP contribution >= 0.6 is 0 Å². The van der Waals surface area contributed by atoms with Crippen LogP contribution in [0.25, 0.3) is 6.08 Å². The second kappa shape index (κ2) is 21.7. The molecular weight excluding hydrogens is 720 g/mol. The van der Waals surface area contributed by atoms with Crippen molar-refractivity contribution in [3.05, 3.63) is 53.3 Å². The fourth-order valence-electron chi connectivity index (χ4n) is 7.47. The fourth-order valence-corrected chi connectivity index (χ4v) is 7.47. The molecule has 5 unspecified atom stereocenters. The molecular formula is C43H64N2O11. The third kappa shape index (κ3) is 13.1. The molecule has 2 heterocycles. The molecule has 5 atom stereocenters. The Morgan fingerprint density at radius 1 is 1.05 bits per heavy atom. The van der Waals surface area contributed by atoms with Gasteiger partial charge in [0.1, 0.15) is 36.6 Å². The number of likely N-dealkylation sites (tertiary alicyclic amines) is 1. The van der Waals surface area contributed by atoms with Gasteiger partial charge in [-0.25, -0.2) is 4.79 Å². The molecule has 312 valence electrons. The van der Waals surface area contributed by atoms with Gasteiger partial charge in [0.05, 0.1) is 31.1 Å². The predicted molar refractivity (Wildman–Crippen MR) is 210 cm³/mol. The Bertz CT molecular complexity index is 1510. The highest BCUT2D eigenvalue weighted by molar-refractivity contribution is 5.98. The third-order valence-corrected chi connectivity index (χ3v) is 10.2. The summed E-state index contributed by atoms with van der Waals surface area (Å²) in [6.45, 7) is 9.62. The molecule has 2 aliphatic heterocycles. The van der Waals surface area contributed by atoms with E-state index in [2.05, 4.69) is 19.2 Å². The molecule has 3 aliphatic rings. The van der Waals surface area contributed by atoms with E-state index in [1.54, 1.807) is 56.0 Å². The van der Waals surface area contributed by atoms with Crippen molar-refractivity contribution in [1.82, 2.24) is 10.2 Å². The second-order valence-corrected chi connectivity index (χ2v) is 16.0. The van der Waals surface area contributed by atoms with E-state index in [1.165, 1.54) is 6.26 Å². The number of esters is 2. The molecule has 0 aromatic heterocycles. The van der Waals surface area contributed by atoms with Crippen LogP contribution in [0.15, 0.2) is 42.2 Å². The zero-order valence-electron chi connectivity index (χ0n) is 34.0. The van der Waals surface area contributed by atoms with Crippen LogP contribution < -0.4 is 5.32 Å². The Kier molecular flexibility index (Phi) is 17.4. The number of amides is 2. The lowest BCUT2D eigenvalue weighted by Gasteiger charge is -2.33. The van der Waals surface area contributed by atoms with E-state index in [-0.39, 0.29) is 45.0 Å². The predicted octanol–water partition coefficient (Wildman–Crippen LogP) is 5.75. The van der Waals surface area contributed by atoms with Crippen molar-refractivity contribution in [3.8, 4) is 0 Å². The largest absolute Gasteiger partial charge is 0.499 e. The standard InChI is InChI=1S/C43H64N2O11/c1-6-8-10-20-43(21-11-9-7-2)54-36-28-32(27-35(38(36)56-43)53-41(51)31-15-12-14-30(26-31)19-24-52-25-23-46)40(50)45-22-13-16-34(45)39(49)44-33(29-47)17-18-37(48)55-42(3,4)5/h12,14-15,19,24,26,28,33-36,38,46-47H,6-11,13,16-18,20-23,25,27,29H2,1-5H3,(H,44,49). The fraction of sp³-hybridized carbons (Fsp3) is 0.674. The van der Waals surface area contributed by atoms with Crippen molar-refractivity contribution in [2.24, 2.45) is 0 Å². The maximum atomic E-state index is 14.4. The molecule has 2 fully saturated rings. The average molecular weight is 785 g/mol. The summed E-state index contributed by atoms with van der Waals surface area (Å²) in [6, 6.07) is 5.41. The first-order chi connectivity index (χ1) is 26.8. The number of unbranched alkanes of at least 4 members (excludes halogenated alkanes) is 4.